The van der Waals surface area contributed by atoms with E-state index in [1.54, 1.807) is 4.90 Å². The summed E-state index contributed by atoms with van der Waals surface area (Å²) in [7, 11) is 0. The van der Waals surface area contributed by atoms with Crippen LogP contribution in [0.2, 0.25) is 0 Å². The predicted molar refractivity (Wildman–Crippen MR) is 87.8 cm³/mol. The molecule has 6 heteroatoms. The molecule has 0 saturated carbocycles. The number of carbonyl (C=O) groups excluding carboxylic acids is 2. The van der Waals surface area contributed by atoms with Crippen LogP contribution in [-0.4, -0.2) is 34.9 Å². The second-order valence-electron chi connectivity index (χ2n) is 6.67. The van der Waals surface area contributed by atoms with Crippen molar-refractivity contribution in [2.75, 3.05) is 18.8 Å². The Morgan fingerprint density at radius 1 is 1.45 bits per heavy atom. The normalized spacial score (nSPS) is 16.9. The van der Waals surface area contributed by atoms with Crippen LogP contribution in [0.25, 0.3) is 0 Å². The quantitative estimate of drug-likeness (QED) is 0.902. The average Bonchev–Trinajstić information content (AvgIpc) is 3.01. The lowest BCUT2D eigenvalue weighted by atomic mass is 9.85. The maximum atomic E-state index is 12.2. The summed E-state index contributed by atoms with van der Waals surface area (Å²) >= 11 is 1.32. The van der Waals surface area contributed by atoms with E-state index in [0.717, 1.165) is 23.8 Å². The molecule has 1 unspecified atom stereocenters. The number of furan rings is 1. The van der Waals surface area contributed by atoms with E-state index in [4.69, 9.17) is 4.42 Å². The smallest absolute Gasteiger partial charge is 0.281 e. The monoisotopic (exact) mass is 324 g/mol. The summed E-state index contributed by atoms with van der Waals surface area (Å²) in [4.78, 5) is 25.5. The number of nitrogens with one attached hydrogen (secondary N) is 1. The Hall–Kier alpha value is -1.43. The zero-order chi connectivity index (χ0) is 16.3. The standard InChI is InChI=1S/C16H24N2O3S/c1-11-5-6-12(21-11)14(16(2,3)4)17-13(19)7-8-18-9-10-22-15(18)20/h5-6,14H,7-10H2,1-4H3,(H,17,19). The van der Waals surface area contributed by atoms with Crippen LogP contribution >= 0.6 is 11.8 Å². The van der Waals surface area contributed by atoms with Crippen LogP contribution in [0, 0.1) is 12.3 Å². The van der Waals surface area contributed by atoms with Crippen molar-refractivity contribution in [3.05, 3.63) is 23.7 Å². The summed E-state index contributed by atoms with van der Waals surface area (Å²) in [6, 6.07) is 3.63. The van der Waals surface area contributed by atoms with Gasteiger partial charge in [0, 0.05) is 25.3 Å². The van der Waals surface area contributed by atoms with Crippen molar-refractivity contribution in [2.45, 2.75) is 40.2 Å². The summed E-state index contributed by atoms with van der Waals surface area (Å²) in [5.74, 6) is 2.36. The van der Waals surface area contributed by atoms with E-state index in [9.17, 15) is 9.59 Å². The molecule has 1 aliphatic heterocycles. The Bertz CT molecular complexity index is 548. The highest BCUT2D eigenvalue weighted by molar-refractivity contribution is 8.13. The molecular weight excluding hydrogens is 300 g/mol. The van der Waals surface area contributed by atoms with E-state index in [1.165, 1.54) is 11.8 Å². The van der Waals surface area contributed by atoms with Gasteiger partial charge < -0.3 is 14.6 Å². The predicted octanol–water partition coefficient (Wildman–Crippen LogP) is 3.35. The summed E-state index contributed by atoms with van der Waals surface area (Å²) in [5.41, 5.74) is -0.154. The minimum Gasteiger partial charge on any atom is -0.464 e. The van der Waals surface area contributed by atoms with Gasteiger partial charge in [-0.3, -0.25) is 9.59 Å². The summed E-state index contributed by atoms with van der Waals surface area (Å²) in [6.45, 7) is 9.30. The molecule has 1 aromatic rings. The third kappa shape index (κ3) is 4.29. The zero-order valence-electron chi connectivity index (χ0n) is 13.6. The minimum absolute atomic E-state index is 0.0568. The molecule has 5 nitrogen and oxygen atoms in total. The Kier molecular flexibility index (Phi) is 5.21. The molecule has 0 bridgehead atoms. The van der Waals surface area contributed by atoms with Crippen molar-refractivity contribution in [1.29, 1.82) is 0 Å². The van der Waals surface area contributed by atoms with Crippen molar-refractivity contribution in [1.82, 2.24) is 10.2 Å². The highest BCUT2D eigenvalue weighted by atomic mass is 32.2. The molecule has 1 fully saturated rings. The number of hydrogen-bond donors (Lipinski definition) is 1. The van der Waals surface area contributed by atoms with E-state index in [-0.39, 0.29) is 22.6 Å². The molecule has 1 atom stereocenters. The highest BCUT2D eigenvalue weighted by Crippen LogP contribution is 2.33. The molecule has 1 aliphatic rings. The van der Waals surface area contributed by atoms with Crippen LogP contribution < -0.4 is 5.32 Å². The number of amides is 2. The summed E-state index contributed by atoms with van der Waals surface area (Å²) in [5, 5.41) is 3.12. The maximum absolute atomic E-state index is 12.2. The van der Waals surface area contributed by atoms with Crippen LogP contribution in [0.5, 0.6) is 0 Å². The van der Waals surface area contributed by atoms with Crippen molar-refractivity contribution in [3.8, 4) is 0 Å². The first kappa shape index (κ1) is 16.9. The Labute approximate surface area is 135 Å². The first-order valence-electron chi connectivity index (χ1n) is 7.55. The molecular formula is C16H24N2O3S. The second-order valence-corrected chi connectivity index (χ2v) is 7.71. The van der Waals surface area contributed by atoms with Crippen molar-refractivity contribution < 1.29 is 14.0 Å². The number of carbonyl (C=O) groups is 2. The van der Waals surface area contributed by atoms with Gasteiger partial charge in [-0.1, -0.05) is 32.5 Å². The van der Waals surface area contributed by atoms with E-state index >= 15 is 0 Å². The first-order chi connectivity index (χ1) is 10.3. The lowest BCUT2D eigenvalue weighted by Crippen LogP contribution is -2.38. The molecule has 0 aliphatic carbocycles. The van der Waals surface area contributed by atoms with E-state index in [0.29, 0.717) is 13.0 Å². The zero-order valence-corrected chi connectivity index (χ0v) is 14.5. The van der Waals surface area contributed by atoms with Gasteiger partial charge >= 0.3 is 0 Å². The molecule has 122 valence electrons. The third-order valence-electron chi connectivity index (χ3n) is 3.67. The van der Waals surface area contributed by atoms with Crippen LogP contribution in [0.15, 0.2) is 16.5 Å². The number of rotatable bonds is 5. The largest absolute Gasteiger partial charge is 0.464 e. The number of thioether (sulfide) groups is 1. The van der Waals surface area contributed by atoms with Gasteiger partial charge in [0.15, 0.2) is 0 Å². The molecule has 1 saturated heterocycles. The number of aryl methyl sites for hydroxylation is 1. The highest BCUT2D eigenvalue weighted by Gasteiger charge is 2.30. The molecule has 1 N–H and O–H groups in total. The van der Waals surface area contributed by atoms with Gasteiger partial charge in [0.1, 0.15) is 11.5 Å². The van der Waals surface area contributed by atoms with E-state index < -0.39 is 0 Å². The SMILES string of the molecule is Cc1ccc(C(NC(=O)CCN2CCSC2=O)C(C)(C)C)o1. The number of nitrogens with zero attached hydrogens (tertiary/aromatic N) is 1. The fraction of sp³-hybridized carbons (Fsp3) is 0.625. The molecule has 0 radical (unpaired) electrons. The van der Waals surface area contributed by atoms with E-state index in [1.807, 2.05) is 19.1 Å². The maximum Gasteiger partial charge on any atom is 0.281 e. The molecule has 0 aromatic carbocycles. The van der Waals surface area contributed by atoms with Gasteiger partial charge in [-0.25, -0.2) is 0 Å². The Morgan fingerprint density at radius 2 is 2.18 bits per heavy atom. The van der Waals surface area contributed by atoms with Gasteiger partial charge in [0.2, 0.25) is 5.91 Å². The lowest BCUT2D eigenvalue weighted by molar-refractivity contribution is -0.123. The van der Waals surface area contributed by atoms with E-state index in [2.05, 4.69) is 26.1 Å². The molecule has 2 rings (SSSR count). The van der Waals surface area contributed by atoms with Gasteiger partial charge in [0.05, 0.1) is 6.04 Å². The van der Waals surface area contributed by atoms with Crippen LogP contribution in [0.1, 0.15) is 44.8 Å². The first-order valence-corrected chi connectivity index (χ1v) is 8.53. The van der Waals surface area contributed by atoms with Crippen LogP contribution in [0.4, 0.5) is 4.79 Å². The minimum atomic E-state index is -0.183. The number of hydrogen-bond acceptors (Lipinski definition) is 4. The van der Waals surface area contributed by atoms with Crippen molar-refractivity contribution >= 4 is 22.9 Å². The fourth-order valence-electron chi connectivity index (χ4n) is 2.42. The van der Waals surface area contributed by atoms with Crippen LogP contribution in [-0.2, 0) is 4.79 Å². The molecule has 2 amide bonds. The molecule has 22 heavy (non-hydrogen) atoms. The fourth-order valence-corrected chi connectivity index (χ4v) is 3.27. The van der Waals surface area contributed by atoms with Crippen molar-refractivity contribution in [3.63, 3.8) is 0 Å². The van der Waals surface area contributed by atoms with Gasteiger partial charge in [-0.2, -0.15) is 0 Å². The van der Waals surface area contributed by atoms with Gasteiger partial charge in [0.25, 0.3) is 5.24 Å². The Morgan fingerprint density at radius 3 is 2.68 bits per heavy atom. The summed E-state index contributed by atoms with van der Waals surface area (Å²) in [6.07, 6.45) is 0.318. The Balaban J connectivity index is 1.95. The third-order valence-corrected chi connectivity index (χ3v) is 4.56. The average molecular weight is 324 g/mol. The molecule has 0 spiro atoms. The van der Waals surface area contributed by atoms with Gasteiger partial charge in [-0.15, -0.1) is 0 Å². The van der Waals surface area contributed by atoms with Crippen LogP contribution in [0.3, 0.4) is 0 Å². The topological polar surface area (TPSA) is 62.6 Å². The second kappa shape index (κ2) is 6.77. The van der Waals surface area contributed by atoms with Crippen molar-refractivity contribution in [2.24, 2.45) is 5.41 Å². The lowest BCUT2D eigenvalue weighted by Gasteiger charge is -2.30. The van der Waals surface area contributed by atoms with Gasteiger partial charge in [-0.05, 0) is 24.5 Å². The molecule has 2 heterocycles. The summed E-state index contributed by atoms with van der Waals surface area (Å²) < 4.78 is 5.69. The molecule has 1 aromatic heterocycles.